The molecule has 0 aliphatic heterocycles. The van der Waals surface area contributed by atoms with Gasteiger partial charge in [-0.15, -0.1) is 0 Å². The highest BCUT2D eigenvalue weighted by molar-refractivity contribution is 7.80. The van der Waals surface area contributed by atoms with Crippen molar-refractivity contribution in [1.82, 2.24) is 9.97 Å². The fraction of sp³-hybridized carbons (Fsp3) is 0.429. The van der Waals surface area contributed by atoms with E-state index in [0.29, 0.717) is 0 Å². The molecule has 1 unspecified atom stereocenters. The first-order chi connectivity index (χ1) is 4.70. The van der Waals surface area contributed by atoms with Gasteiger partial charge in [0.25, 0.3) is 0 Å². The average molecular weight is 154 g/mol. The van der Waals surface area contributed by atoms with Gasteiger partial charge in [-0.2, -0.15) is 12.6 Å². The molecule has 1 atom stereocenters. The topological polar surface area (TPSA) is 25.8 Å². The van der Waals surface area contributed by atoms with Gasteiger partial charge in [0.05, 0.1) is 5.69 Å². The van der Waals surface area contributed by atoms with Crippen LogP contribution in [-0.2, 0) is 0 Å². The van der Waals surface area contributed by atoms with Crippen LogP contribution in [0.3, 0.4) is 0 Å². The Morgan fingerprint density at radius 3 is 2.70 bits per heavy atom. The van der Waals surface area contributed by atoms with Gasteiger partial charge in [0.2, 0.25) is 0 Å². The van der Waals surface area contributed by atoms with Crippen molar-refractivity contribution in [3.63, 3.8) is 0 Å². The van der Waals surface area contributed by atoms with Gasteiger partial charge in [0, 0.05) is 11.4 Å². The van der Waals surface area contributed by atoms with E-state index < -0.39 is 0 Å². The molecule has 0 aliphatic rings. The van der Waals surface area contributed by atoms with Crippen LogP contribution in [0.4, 0.5) is 0 Å². The molecule has 0 fully saturated rings. The standard InChI is InChI=1S/C7H10N2S/c1-5(10)7-3-4-8-6(2)9-7/h3-5,10H,1-2H3. The van der Waals surface area contributed by atoms with Crippen LogP contribution in [0, 0.1) is 6.92 Å². The quantitative estimate of drug-likeness (QED) is 0.624. The number of hydrogen-bond acceptors (Lipinski definition) is 3. The number of aryl methyl sites for hydroxylation is 1. The zero-order chi connectivity index (χ0) is 7.56. The number of nitrogens with zero attached hydrogens (tertiary/aromatic N) is 2. The second-order valence-electron chi connectivity index (χ2n) is 2.20. The predicted octanol–water partition coefficient (Wildman–Crippen LogP) is 1.78. The lowest BCUT2D eigenvalue weighted by Crippen LogP contribution is -1.93. The molecule has 0 saturated heterocycles. The maximum absolute atomic E-state index is 4.24. The first-order valence-corrected chi connectivity index (χ1v) is 3.69. The summed E-state index contributed by atoms with van der Waals surface area (Å²) in [6.07, 6.45) is 1.75. The van der Waals surface area contributed by atoms with E-state index in [1.165, 1.54) is 0 Å². The summed E-state index contributed by atoms with van der Waals surface area (Å²) in [7, 11) is 0. The van der Waals surface area contributed by atoms with E-state index in [4.69, 9.17) is 0 Å². The molecule has 0 radical (unpaired) electrons. The zero-order valence-corrected chi connectivity index (χ0v) is 6.97. The smallest absolute Gasteiger partial charge is 0.125 e. The Bertz CT molecular complexity index is 223. The summed E-state index contributed by atoms with van der Waals surface area (Å²) in [6, 6.07) is 1.88. The van der Waals surface area contributed by atoms with Gasteiger partial charge >= 0.3 is 0 Å². The van der Waals surface area contributed by atoms with Crippen LogP contribution in [0.15, 0.2) is 12.3 Å². The Morgan fingerprint density at radius 2 is 2.30 bits per heavy atom. The molecule has 0 amide bonds. The molecule has 0 aromatic carbocycles. The monoisotopic (exact) mass is 154 g/mol. The van der Waals surface area contributed by atoms with Gasteiger partial charge < -0.3 is 0 Å². The van der Waals surface area contributed by atoms with Crippen molar-refractivity contribution in [3.8, 4) is 0 Å². The van der Waals surface area contributed by atoms with E-state index in [9.17, 15) is 0 Å². The Morgan fingerprint density at radius 1 is 1.60 bits per heavy atom. The summed E-state index contributed by atoms with van der Waals surface area (Å²) in [6.45, 7) is 3.87. The van der Waals surface area contributed by atoms with Crippen molar-refractivity contribution >= 4 is 12.6 Å². The summed E-state index contributed by atoms with van der Waals surface area (Å²) in [5.41, 5.74) is 0.982. The fourth-order valence-corrected chi connectivity index (χ4v) is 0.851. The number of aromatic nitrogens is 2. The maximum Gasteiger partial charge on any atom is 0.125 e. The number of hydrogen-bond donors (Lipinski definition) is 1. The summed E-state index contributed by atoms with van der Waals surface area (Å²) in [4.78, 5) is 8.16. The molecule has 10 heavy (non-hydrogen) atoms. The SMILES string of the molecule is Cc1nccc(C(C)S)n1. The molecule has 0 bridgehead atoms. The third-order valence-corrected chi connectivity index (χ3v) is 1.49. The highest BCUT2D eigenvalue weighted by Crippen LogP contribution is 2.14. The molecule has 0 N–H and O–H groups in total. The Balaban J connectivity index is 2.96. The van der Waals surface area contributed by atoms with Gasteiger partial charge in [0.15, 0.2) is 0 Å². The van der Waals surface area contributed by atoms with Crippen molar-refractivity contribution in [2.45, 2.75) is 19.1 Å². The molecule has 1 aromatic rings. The molecule has 1 rings (SSSR count). The molecule has 0 saturated carbocycles. The summed E-state index contributed by atoms with van der Waals surface area (Å²) in [5, 5.41) is 0.196. The molecule has 1 aromatic heterocycles. The van der Waals surface area contributed by atoms with E-state index in [1.54, 1.807) is 6.20 Å². The van der Waals surface area contributed by atoms with Crippen LogP contribution in [0.5, 0.6) is 0 Å². The van der Waals surface area contributed by atoms with Crippen molar-refractivity contribution in [3.05, 3.63) is 23.8 Å². The van der Waals surface area contributed by atoms with Crippen molar-refractivity contribution < 1.29 is 0 Å². The highest BCUT2D eigenvalue weighted by Gasteiger charge is 1.99. The van der Waals surface area contributed by atoms with Crippen molar-refractivity contribution in [2.75, 3.05) is 0 Å². The third-order valence-electron chi connectivity index (χ3n) is 1.23. The molecular weight excluding hydrogens is 144 g/mol. The molecular formula is C7H10N2S. The molecule has 54 valence electrons. The van der Waals surface area contributed by atoms with E-state index in [0.717, 1.165) is 11.5 Å². The van der Waals surface area contributed by atoms with Crippen molar-refractivity contribution in [1.29, 1.82) is 0 Å². The highest BCUT2D eigenvalue weighted by atomic mass is 32.1. The minimum Gasteiger partial charge on any atom is -0.242 e. The summed E-state index contributed by atoms with van der Waals surface area (Å²) >= 11 is 4.24. The molecule has 3 heteroatoms. The Labute approximate surface area is 66.1 Å². The second kappa shape index (κ2) is 3.01. The van der Waals surface area contributed by atoms with Gasteiger partial charge in [-0.05, 0) is 19.9 Å². The van der Waals surface area contributed by atoms with Crippen LogP contribution < -0.4 is 0 Å². The van der Waals surface area contributed by atoms with Gasteiger partial charge in [-0.25, -0.2) is 9.97 Å². The van der Waals surface area contributed by atoms with E-state index in [1.807, 2.05) is 19.9 Å². The fourth-order valence-electron chi connectivity index (χ4n) is 0.707. The zero-order valence-electron chi connectivity index (χ0n) is 6.07. The molecule has 2 nitrogen and oxygen atoms in total. The van der Waals surface area contributed by atoms with Gasteiger partial charge in [-0.1, -0.05) is 0 Å². The molecule has 1 heterocycles. The van der Waals surface area contributed by atoms with E-state index in [-0.39, 0.29) is 5.25 Å². The lowest BCUT2D eigenvalue weighted by molar-refractivity contribution is 0.938. The molecule has 0 aliphatic carbocycles. The van der Waals surface area contributed by atoms with E-state index in [2.05, 4.69) is 22.6 Å². The van der Waals surface area contributed by atoms with Crippen molar-refractivity contribution in [2.24, 2.45) is 0 Å². The number of thiol groups is 1. The second-order valence-corrected chi connectivity index (χ2v) is 2.98. The van der Waals surface area contributed by atoms with E-state index >= 15 is 0 Å². The van der Waals surface area contributed by atoms with Gasteiger partial charge in [-0.3, -0.25) is 0 Å². The van der Waals surface area contributed by atoms with Crippen LogP contribution in [0.25, 0.3) is 0 Å². The Kier molecular flexibility index (Phi) is 2.27. The maximum atomic E-state index is 4.24. The van der Waals surface area contributed by atoms with Crippen LogP contribution in [0.1, 0.15) is 23.7 Å². The summed E-state index contributed by atoms with van der Waals surface area (Å²) < 4.78 is 0. The first-order valence-electron chi connectivity index (χ1n) is 3.18. The predicted molar refractivity (Wildman–Crippen MR) is 44.2 cm³/mol. The minimum absolute atomic E-state index is 0.196. The van der Waals surface area contributed by atoms with Gasteiger partial charge in [0.1, 0.15) is 5.82 Å². The first kappa shape index (κ1) is 7.54. The normalized spacial score (nSPS) is 13.1. The van der Waals surface area contributed by atoms with Crippen LogP contribution >= 0.6 is 12.6 Å². The summed E-state index contributed by atoms with van der Waals surface area (Å²) in [5.74, 6) is 0.804. The minimum atomic E-state index is 0.196. The molecule has 0 spiro atoms. The Hall–Kier alpha value is -0.570. The largest absolute Gasteiger partial charge is 0.242 e. The number of rotatable bonds is 1. The third kappa shape index (κ3) is 1.70. The average Bonchev–Trinajstić information content (AvgIpc) is 1.88. The van der Waals surface area contributed by atoms with Crippen LogP contribution in [0.2, 0.25) is 0 Å². The lowest BCUT2D eigenvalue weighted by atomic mass is 10.3. The lowest BCUT2D eigenvalue weighted by Gasteiger charge is -2.01. The van der Waals surface area contributed by atoms with Crippen LogP contribution in [-0.4, -0.2) is 9.97 Å².